The lowest BCUT2D eigenvalue weighted by Gasteiger charge is -2.17. The van der Waals surface area contributed by atoms with Gasteiger partial charge in [-0.3, -0.25) is 9.59 Å². The summed E-state index contributed by atoms with van der Waals surface area (Å²) >= 11 is 0. The Morgan fingerprint density at radius 3 is 1.70 bits per heavy atom. The van der Waals surface area contributed by atoms with Gasteiger partial charge in [0, 0.05) is 30.2 Å². The van der Waals surface area contributed by atoms with E-state index in [-0.39, 0.29) is 17.7 Å². The van der Waals surface area contributed by atoms with Crippen molar-refractivity contribution in [3.63, 3.8) is 0 Å². The number of ether oxygens (including phenoxy) is 4. The molecule has 2 rings (SSSR count). The largest absolute Gasteiger partial charge is 0.497 e. The van der Waals surface area contributed by atoms with Crippen molar-refractivity contribution in [2.45, 2.75) is 20.3 Å². The third-order valence-electron chi connectivity index (χ3n) is 4.25. The Balaban J connectivity index is 2.33. The molecule has 0 aliphatic carbocycles. The number of nitrogens with one attached hydrogen (secondary N) is 2. The molecule has 0 saturated heterocycles. The van der Waals surface area contributed by atoms with Gasteiger partial charge >= 0.3 is 0 Å². The molecule has 0 unspecified atom stereocenters. The highest BCUT2D eigenvalue weighted by Gasteiger charge is 2.17. The fourth-order valence-electron chi connectivity index (χ4n) is 2.80. The standard InChI is InChI=1S/C22H28N2O6/c1-13(2)7-21(25)23-17-11-20(30-6)18(12-19(17)29-5)24-22(26)14-8-15(27-3)10-16(9-14)28-4/h8-13H,7H2,1-6H3,(H,23,25)(H,24,26). The quantitative estimate of drug-likeness (QED) is 0.643. The highest BCUT2D eigenvalue weighted by Crippen LogP contribution is 2.37. The number of methoxy groups -OCH3 is 4. The van der Waals surface area contributed by atoms with Gasteiger partial charge in [0.15, 0.2) is 0 Å². The van der Waals surface area contributed by atoms with Crippen LogP contribution in [0.2, 0.25) is 0 Å². The van der Waals surface area contributed by atoms with Crippen LogP contribution in [-0.4, -0.2) is 40.3 Å². The fourth-order valence-corrected chi connectivity index (χ4v) is 2.80. The Labute approximate surface area is 176 Å². The second-order valence-electron chi connectivity index (χ2n) is 6.95. The maximum Gasteiger partial charge on any atom is 0.256 e. The molecular weight excluding hydrogens is 388 g/mol. The smallest absolute Gasteiger partial charge is 0.256 e. The van der Waals surface area contributed by atoms with Crippen molar-refractivity contribution in [3.8, 4) is 23.0 Å². The summed E-state index contributed by atoms with van der Waals surface area (Å²) in [6.07, 6.45) is 0.377. The summed E-state index contributed by atoms with van der Waals surface area (Å²) in [5.41, 5.74) is 1.20. The highest BCUT2D eigenvalue weighted by molar-refractivity contribution is 6.06. The predicted molar refractivity (Wildman–Crippen MR) is 115 cm³/mol. The zero-order chi connectivity index (χ0) is 22.3. The molecule has 0 aromatic heterocycles. The molecule has 2 aromatic carbocycles. The first-order valence-electron chi connectivity index (χ1n) is 9.41. The SMILES string of the molecule is COc1cc(OC)cc(C(=O)Nc2cc(OC)c(NC(=O)CC(C)C)cc2OC)c1. The Morgan fingerprint density at radius 2 is 1.27 bits per heavy atom. The van der Waals surface area contributed by atoms with Crippen molar-refractivity contribution in [1.29, 1.82) is 0 Å². The molecule has 8 nitrogen and oxygen atoms in total. The minimum atomic E-state index is -0.385. The Morgan fingerprint density at radius 1 is 0.767 bits per heavy atom. The van der Waals surface area contributed by atoms with Crippen molar-refractivity contribution in [2.75, 3.05) is 39.1 Å². The first-order chi connectivity index (χ1) is 14.3. The summed E-state index contributed by atoms with van der Waals surface area (Å²) in [6.45, 7) is 3.92. The Hall–Kier alpha value is -3.42. The van der Waals surface area contributed by atoms with Crippen molar-refractivity contribution in [3.05, 3.63) is 35.9 Å². The van der Waals surface area contributed by atoms with E-state index in [1.807, 2.05) is 13.8 Å². The summed E-state index contributed by atoms with van der Waals surface area (Å²) in [6, 6.07) is 8.08. The Kier molecular flexibility index (Phi) is 7.91. The second-order valence-corrected chi connectivity index (χ2v) is 6.95. The lowest BCUT2D eigenvalue weighted by atomic mass is 10.1. The molecule has 30 heavy (non-hydrogen) atoms. The molecule has 0 aliphatic heterocycles. The molecule has 0 aliphatic rings. The molecule has 0 fully saturated rings. The number of amides is 2. The van der Waals surface area contributed by atoms with Gasteiger partial charge < -0.3 is 29.6 Å². The fraction of sp³-hybridized carbons (Fsp3) is 0.364. The monoisotopic (exact) mass is 416 g/mol. The summed E-state index contributed by atoms with van der Waals surface area (Å²) in [5, 5.41) is 5.62. The van der Waals surface area contributed by atoms with Gasteiger partial charge in [-0.1, -0.05) is 13.8 Å². The van der Waals surface area contributed by atoms with E-state index in [1.54, 1.807) is 30.3 Å². The molecule has 0 radical (unpaired) electrons. The van der Waals surface area contributed by atoms with Crippen molar-refractivity contribution >= 4 is 23.2 Å². The summed E-state index contributed by atoms with van der Waals surface area (Å²) in [7, 11) is 5.98. The molecule has 0 bridgehead atoms. The maximum atomic E-state index is 12.8. The molecule has 0 saturated carbocycles. The number of hydrogen-bond donors (Lipinski definition) is 2. The van der Waals surface area contributed by atoms with Gasteiger partial charge in [-0.15, -0.1) is 0 Å². The highest BCUT2D eigenvalue weighted by atomic mass is 16.5. The van der Waals surface area contributed by atoms with Gasteiger partial charge in [0.1, 0.15) is 23.0 Å². The van der Waals surface area contributed by atoms with Gasteiger partial charge in [0.05, 0.1) is 39.8 Å². The molecule has 2 amide bonds. The van der Waals surface area contributed by atoms with Crippen molar-refractivity contribution in [1.82, 2.24) is 0 Å². The Bertz CT molecular complexity index is 888. The van der Waals surface area contributed by atoms with Crippen LogP contribution in [0, 0.1) is 5.92 Å². The number of carbonyl (C=O) groups is 2. The van der Waals surface area contributed by atoms with Gasteiger partial charge in [0.2, 0.25) is 5.91 Å². The lowest BCUT2D eigenvalue weighted by molar-refractivity contribution is -0.116. The van der Waals surface area contributed by atoms with Crippen LogP contribution in [0.3, 0.4) is 0 Å². The summed E-state index contributed by atoms with van der Waals surface area (Å²) < 4.78 is 21.2. The van der Waals surface area contributed by atoms with Crippen LogP contribution in [0.4, 0.5) is 11.4 Å². The zero-order valence-electron chi connectivity index (χ0n) is 18.1. The van der Waals surface area contributed by atoms with Crippen LogP contribution in [0.25, 0.3) is 0 Å². The number of anilines is 2. The first kappa shape index (κ1) is 22.9. The number of hydrogen-bond acceptors (Lipinski definition) is 6. The average Bonchev–Trinajstić information content (AvgIpc) is 2.73. The molecule has 0 heterocycles. The third kappa shape index (κ3) is 5.79. The minimum Gasteiger partial charge on any atom is -0.497 e. The lowest BCUT2D eigenvalue weighted by Crippen LogP contribution is -2.16. The van der Waals surface area contributed by atoms with Gasteiger partial charge in [0.25, 0.3) is 5.91 Å². The zero-order valence-corrected chi connectivity index (χ0v) is 18.1. The van der Waals surface area contributed by atoms with Crippen LogP contribution >= 0.6 is 0 Å². The van der Waals surface area contributed by atoms with E-state index in [2.05, 4.69) is 10.6 Å². The summed E-state index contributed by atoms with van der Waals surface area (Å²) in [5.74, 6) is 1.45. The van der Waals surface area contributed by atoms with Crippen molar-refractivity contribution in [2.24, 2.45) is 5.92 Å². The van der Waals surface area contributed by atoms with Crippen LogP contribution in [0.1, 0.15) is 30.6 Å². The van der Waals surface area contributed by atoms with E-state index in [4.69, 9.17) is 18.9 Å². The van der Waals surface area contributed by atoms with Gasteiger partial charge in [-0.25, -0.2) is 0 Å². The minimum absolute atomic E-state index is 0.134. The molecule has 8 heteroatoms. The second kappa shape index (κ2) is 10.4. The van der Waals surface area contributed by atoms with Crippen LogP contribution in [-0.2, 0) is 4.79 Å². The third-order valence-corrected chi connectivity index (χ3v) is 4.25. The molecule has 162 valence electrons. The van der Waals surface area contributed by atoms with E-state index < -0.39 is 0 Å². The first-order valence-corrected chi connectivity index (χ1v) is 9.41. The van der Waals surface area contributed by atoms with Gasteiger partial charge in [-0.2, -0.15) is 0 Å². The van der Waals surface area contributed by atoms with E-state index in [9.17, 15) is 9.59 Å². The number of rotatable bonds is 9. The predicted octanol–water partition coefficient (Wildman–Crippen LogP) is 3.96. The van der Waals surface area contributed by atoms with E-state index in [0.29, 0.717) is 46.4 Å². The van der Waals surface area contributed by atoms with Crippen LogP contribution < -0.4 is 29.6 Å². The van der Waals surface area contributed by atoms with Crippen molar-refractivity contribution < 1.29 is 28.5 Å². The molecule has 0 spiro atoms. The molecule has 2 aromatic rings. The molecule has 2 N–H and O–H groups in total. The van der Waals surface area contributed by atoms with E-state index in [1.165, 1.54) is 28.4 Å². The number of carbonyl (C=O) groups excluding carboxylic acids is 2. The molecular formula is C22H28N2O6. The van der Waals surface area contributed by atoms with E-state index in [0.717, 1.165) is 0 Å². The molecule has 0 atom stereocenters. The topological polar surface area (TPSA) is 95.1 Å². The van der Waals surface area contributed by atoms with Crippen LogP contribution in [0.5, 0.6) is 23.0 Å². The van der Waals surface area contributed by atoms with Gasteiger partial charge in [-0.05, 0) is 18.1 Å². The summed E-state index contributed by atoms with van der Waals surface area (Å²) in [4.78, 5) is 25.0. The maximum absolute atomic E-state index is 12.8. The normalized spacial score (nSPS) is 10.4. The average molecular weight is 416 g/mol. The number of benzene rings is 2. The van der Waals surface area contributed by atoms with Crippen LogP contribution in [0.15, 0.2) is 30.3 Å². The van der Waals surface area contributed by atoms with E-state index >= 15 is 0 Å².